The zero-order valence-electron chi connectivity index (χ0n) is 11.2. The van der Waals surface area contributed by atoms with Crippen LogP contribution in [0.5, 0.6) is 0 Å². The fraction of sp³-hybridized carbons (Fsp3) is 0.467. The lowest BCUT2D eigenvalue weighted by atomic mass is 10.1. The van der Waals surface area contributed by atoms with Crippen LogP contribution >= 0.6 is 0 Å². The molecule has 2 aromatic heterocycles. The maximum Gasteiger partial charge on any atom is 0.141 e. The Morgan fingerprint density at radius 3 is 2.90 bits per heavy atom. The van der Waals surface area contributed by atoms with Gasteiger partial charge in [-0.15, -0.1) is 0 Å². The summed E-state index contributed by atoms with van der Waals surface area (Å²) in [7, 11) is 0. The molecule has 0 amide bonds. The number of pyridine rings is 1. The maximum absolute atomic E-state index is 13.1. The molecule has 4 nitrogen and oxygen atoms in total. The molecule has 0 aromatic carbocycles. The molecule has 0 saturated heterocycles. The van der Waals surface area contributed by atoms with Gasteiger partial charge in [-0.05, 0) is 25.0 Å². The topological polar surface area (TPSA) is 50.9 Å². The Labute approximate surface area is 117 Å². The van der Waals surface area contributed by atoms with Gasteiger partial charge in [0.05, 0.1) is 24.0 Å². The van der Waals surface area contributed by atoms with Crippen LogP contribution in [0.3, 0.4) is 0 Å². The molecule has 5 heteroatoms. The number of nitrogens with zero attached hydrogens (tertiary/aromatic N) is 3. The predicted octanol–water partition coefficient (Wildman–Crippen LogP) is 2.81. The van der Waals surface area contributed by atoms with Crippen molar-refractivity contribution in [2.24, 2.45) is 0 Å². The quantitative estimate of drug-likeness (QED) is 0.933. The van der Waals surface area contributed by atoms with Gasteiger partial charge in [-0.1, -0.05) is 12.8 Å². The van der Waals surface area contributed by atoms with Crippen molar-refractivity contribution in [3.05, 3.63) is 47.8 Å². The molecule has 1 unspecified atom stereocenters. The summed E-state index contributed by atoms with van der Waals surface area (Å²) in [5.74, 6) is -0.432. The lowest BCUT2D eigenvalue weighted by molar-refractivity contribution is 0.176. The highest BCUT2D eigenvalue weighted by Crippen LogP contribution is 2.29. The zero-order valence-corrected chi connectivity index (χ0v) is 11.2. The van der Waals surface area contributed by atoms with Crippen LogP contribution in [0.4, 0.5) is 4.39 Å². The average Bonchev–Trinajstić information content (AvgIpc) is 3.08. The third-order valence-electron chi connectivity index (χ3n) is 3.88. The normalized spacial score (nSPS) is 17.5. The number of halogens is 1. The number of aromatic nitrogens is 3. The molecule has 1 N–H and O–H groups in total. The summed E-state index contributed by atoms with van der Waals surface area (Å²) < 4.78 is 15.1. The molecule has 0 bridgehead atoms. The van der Waals surface area contributed by atoms with Crippen LogP contribution in [0.25, 0.3) is 0 Å². The van der Waals surface area contributed by atoms with E-state index in [9.17, 15) is 9.50 Å². The van der Waals surface area contributed by atoms with Gasteiger partial charge in [0.2, 0.25) is 0 Å². The molecule has 2 heterocycles. The predicted molar refractivity (Wildman–Crippen MR) is 72.6 cm³/mol. The van der Waals surface area contributed by atoms with Crippen molar-refractivity contribution in [2.45, 2.75) is 44.2 Å². The van der Waals surface area contributed by atoms with Crippen LogP contribution in [-0.4, -0.2) is 19.9 Å². The first kappa shape index (κ1) is 13.2. The van der Waals surface area contributed by atoms with Crippen molar-refractivity contribution < 1.29 is 9.50 Å². The van der Waals surface area contributed by atoms with Gasteiger partial charge >= 0.3 is 0 Å². The Morgan fingerprint density at radius 2 is 2.15 bits per heavy atom. The van der Waals surface area contributed by atoms with Gasteiger partial charge < -0.3 is 5.11 Å². The number of aliphatic hydroxyl groups is 1. The van der Waals surface area contributed by atoms with E-state index in [-0.39, 0.29) is 0 Å². The number of aliphatic hydroxyl groups excluding tert-OH is 1. The first-order valence-corrected chi connectivity index (χ1v) is 7.05. The second kappa shape index (κ2) is 5.71. The largest absolute Gasteiger partial charge is 0.388 e. The van der Waals surface area contributed by atoms with Crippen LogP contribution in [-0.2, 0) is 6.42 Å². The molecule has 1 aliphatic carbocycles. The van der Waals surface area contributed by atoms with Crippen LogP contribution in [0.2, 0.25) is 0 Å². The van der Waals surface area contributed by atoms with Crippen LogP contribution in [0, 0.1) is 5.82 Å². The summed E-state index contributed by atoms with van der Waals surface area (Å²) in [5, 5.41) is 14.6. The highest BCUT2D eigenvalue weighted by molar-refractivity contribution is 5.16. The number of hydrogen-bond acceptors (Lipinski definition) is 3. The minimum Gasteiger partial charge on any atom is -0.388 e. The SMILES string of the molecule is OC(Cc1ccn(C2CCCC2)n1)c1cncc(F)c1. The zero-order chi connectivity index (χ0) is 13.9. The molecule has 0 radical (unpaired) electrons. The van der Waals surface area contributed by atoms with E-state index in [2.05, 4.69) is 10.1 Å². The fourth-order valence-corrected chi connectivity index (χ4v) is 2.78. The summed E-state index contributed by atoms with van der Waals surface area (Å²) in [6.07, 6.45) is 9.08. The Balaban J connectivity index is 1.68. The van der Waals surface area contributed by atoms with Crippen molar-refractivity contribution in [2.75, 3.05) is 0 Å². The van der Waals surface area contributed by atoms with E-state index in [0.717, 1.165) is 11.9 Å². The lowest BCUT2D eigenvalue weighted by Crippen LogP contribution is -2.07. The molecule has 1 atom stereocenters. The van der Waals surface area contributed by atoms with Crippen molar-refractivity contribution >= 4 is 0 Å². The highest BCUT2D eigenvalue weighted by atomic mass is 19.1. The van der Waals surface area contributed by atoms with Crippen LogP contribution in [0.15, 0.2) is 30.7 Å². The minimum absolute atomic E-state index is 0.380. The summed E-state index contributed by atoms with van der Waals surface area (Å²) in [6.45, 7) is 0. The Bertz CT molecular complexity index is 578. The van der Waals surface area contributed by atoms with Crippen LogP contribution in [0.1, 0.15) is 49.1 Å². The average molecular weight is 275 g/mol. The smallest absolute Gasteiger partial charge is 0.141 e. The van der Waals surface area contributed by atoms with Crippen molar-refractivity contribution in [1.82, 2.24) is 14.8 Å². The summed E-state index contributed by atoms with van der Waals surface area (Å²) in [4.78, 5) is 3.75. The standard InChI is InChI=1S/C15H18FN3O/c16-12-7-11(9-17-10-12)15(20)8-13-5-6-19(18-13)14-3-1-2-4-14/h5-7,9-10,14-15,20H,1-4,8H2. The number of rotatable bonds is 4. The van der Waals surface area contributed by atoms with E-state index in [0.29, 0.717) is 18.0 Å². The first-order chi connectivity index (χ1) is 9.72. The van der Waals surface area contributed by atoms with Gasteiger partial charge in [0.15, 0.2) is 0 Å². The van der Waals surface area contributed by atoms with E-state index in [1.807, 2.05) is 16.9 Å². The van der Waals surface area contributed by atoms with Gasteiger partial charge in [-0.3, -0.25) is 9.67 Å². The molecule has 106 valence electrons. The molecule has 1 fully saturated rings. The molecule has 20 heavy (non-hydrogen) atoms. The maximum atomic E-state index is 13.1. The Kier molecular flexibility index (Phi) is 3.78. The van der Waals surface area contributed by atoms with Crippen molar-refractivity contribution in [3.8, 4) is 0 Å². The molecule has 0 spiro atoms. The molecule has 2 aromatic rings. The van der Waals surface area contributed by atoms with E-state index >= 15 is 0 Å². The number of hydrogen-bond donors (Lipinski definition) is 1. The minimum atomic E-state index is -0.773. The summed E-state index contributed by atoms with van der Waals surface area (Å²) in [6, 6.07) is 3.73. The first-order valence-electron chi connectivity index (χ1n) is 7.05. The van der Waals surface area contributed by atoms with Gasteiger partial charge in [0.1, 0.15) is 5.82 Å². The molecule has 1 saturated carbocycles. The summed E-state index contributed by atoms with van der Waals surface area (Å²) in [5.41, 5.74) is 1.31. The van der Waals surface area contributed by atoms with E-state index in [4.69, 9.17) is 0 Å². The molecule has 3 rings (SSSR count). The van der Waals surface area contributed by atoms with E-state index in [1.165, 1.54) is 37.9 Å². The van der Waals surface area contributed by atoms with Gasteiger partial charge in [0, 0.05) is 24.4 Å². The second-order valence-corrected chi connectivity index (χ2v) is 5.38. The Morgan fingerprint density at radius 1 is 1.35 bits per heavy atom. The molecular weight excluding hydrogens is 257 g/mol. The van der Waals surface area contributed by atoms with Crippen molar-refractivity contribution in [3.63, 3.8) is 0 Å². The van der Waals surface area contributed by atoms with Gasteiger partial charge in [0.25, 0.3) is 0 Å². The highest BCUT2D eigenvalue weighted by Gasteiger charge is 2.18. The van der Waals surface area contributed by atoms with E-state index in [1.54, 1.807) is 0 Å². The molecule has 1 aliphatic rings. The molecular formula is C15H18FN3O. The van der Waals surface area contributed by atoms with Gasteiger partial charge in [-0.25, -0.2) is 4.39 Å². The van der Waals surface area contributed by atoms with Gasteiger partial charge in [-0.2, -0.15) is 5.10 Å². The second-order valence-electron chi connectivity index (χ2n) is 5.38. The van der Waals surface area contributed by atoms with E-state index < -0.39 is 11.9 Å². The fourth-order valence-electron chi connectivity index (χ4n) is 2.78. The monoisotopic (exact) mass is 275 g/mol. The van der Waals surface area contributed by atoms with Crippen LogP contribution < -0.4 is 0 Å². The van der Waals surface area contributed by atoms with Crippen molar-refractivity contribution in [1.29, 1.82) is 0 Å². The third-order valence-corrected chi connectivity index (χ3v) is 3.88. The summed E-state index contributed by atoms with van der Waals surface area (Å²) >= 11 is 0. The molecule has 0 aliphatic heterocycles. The Hall–Kier alpha value is -1.75. The lowest BCUT2D eigenvalue weighted by Gasteiger charge is -2.10. The third kappa shape index (κ3) is 2.88.